The molecule has 0 bridgehead atoms. The summed E-state index contributed by atoms with van der Waals surface area (Å²) in [6.45, 7) is 4.13. The number of rotatable bonds is 3. The molecule has 0 unspecified atom stereocenters. The number of hydrogen-bond donors (Lipinski definition) is 1. The van der Waals surface area contributed by atoms with Crippen molar-refractivity contribution in [2.45, 2.75) is 19.9 Å². The fourth-order valence-electron chi connectivity index (χ4n) is 2.62. The van der Waals surface area contributed by atoms with E-state index in [0.717, 1.165) is 27.7 Å². The molecule has 3 heteroatoms. The maximum atomic E-state index is 9.45. The molecule has 1 aromatic heterocycles. The van der Waals surface area contributed by atoms with Crippen LogP contribution in [0.25, 0.3) is 21.9 Å². The van der Waals surface area contributed by atoms with Gasteiger partial charge in [0.15, 0.2) is 0 Å². The van der Waals surface area contributed by atoms with Crippen molar-refractivity contribution in [2.75, 3.05) is 5.32 Å². The first kappa shape index (κ1) is 14.1. The van der Waals surface area contributed by atoms with Gasteiger partial charge < -0.3 is 5.32 Å². The summed E-state index contributed by atoms with van der Waals surface area (Å²) in [7, 11) is 0. The topological polar surface area (TPSA) is 48.7 Å². The number of nitrogens with one attached hydrogen (secondary N) is 1. The van der Waals surface area contributed by atoms with Gasteiger partial charge in [0.2, 0.25) is 0 Å². The van der Waals surface area contributed by atoms with Crippen LogP contribution in [-0.4, -0.2) is 11.0 Å². The SMILES string of the molecule is CC(C)Nc1ncc(-c2ccccc2)c2cccc(C#N)c12. The van der Waals surface area contributed by atoms with Crippen LogP contribution in [0.15, 0.2) is 54.7 Å². The van der Waals surface area contributed by atoms with Crippen LogP contribution in [0.3, 0.4) is 0 Å². The third-order valence-corrected chi connectivity index (χ3v) is 3.54. The molecule has 0 aliphatic rings. The number of aromatic nitrogens is 1. The Morgan fingerprint density at radius 2 is 1.82 bits per heavy atom. The summed E-state index contributed by atoms with van der Waals surface area (Å²) in [4.78, 5) is 4.57. The van der Waals surface area contributed by atoms with Crippen LogP contribution in [-0.2, 0) is 0 Å². The Morgan fingerprint density at radius 3 is 2.50 bits per heavy atom. The maximum absolute atomic E-state index is 9.45. The zero-order chi connectivity index (χ0) is 15.5. The van der Waals surface area contributed by atoms with Gasteiger partial charge in [0.05, 0.1) is 11.6 Å². The van der Waals surface area contributed by atoms with E-state index in [1.807, 2.05) is 42.6 Å². The molecular formula is C19H17N3. The zero-order valence-electron chi connectivity index (χ0n) is 12.7. The first-order valence-corrected chi connectivity index (χ1v) is 7.34. The highest BCUT2D eigenvalue weighted by molar-refractivity contribution is 6.04. The molecule has 1 N–H and O–H groups in total. The first-order chi connectivity index (χ1) is 10.7. The van der Waals surface area contributed by atoms with Gasteiger partial charge in [-0.3, -0.25) is 0 Å². The number of anilines is 1. The molecule has 0 fully saturated rings. The average molecular weight is 287 g/mol. The van der Waals surface area contributed by atoms with E-state index in [0.29, 0.717) is 5.56 Å². The van der Waals surface area contributed by atoms with E-state index in [2.05, 4.69) is 42.4 Å². The molecule has 108 valence electrons. The van der Waals surface area contributed by atoms with Crippen molar-refractivity contribution in [1.82, 2.24) is 4.98 Å². The Morgan fingerprint density at radius 1 is 1.05 bits per heavy atom. The predicted molar refractivity (Wildman–Crippen MR) is 90.7 cm³/mol. The second kappa shape index (κ2) is 5.87. The van der Waals surface area contributed by atoms with Crippen LogP contribution < -0.4 is 5.32 Å². The number of nitriles is 1. The molecule has 0 aliphatic heterocycles. The van der Waals surface area contributed by atoms with Gasteiger partial charge in [0, 0.05) is 23.2 Å². The second-order valence-electron chi connectivity index (χ2n) is 5.53. The monoisotopic (exact) mass is 287 g/mol. The standard InChI is InChI=1S/C19H17N3/c1-13(2)22-19-18-15(11-20)9-6-10-16(18)17(12-21-19)14-7-4-3-5-8-14/h3-10,12-13H,1-2H3,(H,21,22). The molecule has 3 nitrogen and oxygen atoms in total. The fourth-order valence-corrected chi connectivity index (χ4v) is 2.62. The van der Waals surface area contributed by atoms with Crippen LogP contribution in [0.2, 0.25) is 0 Å². The van der Waals surface area contributed by atoms with Crippen molar-refractivity contribution in [2.24, 2.45) is 0 Å². The van der Waals surface area contributed by atoms with Gasteiger partial charge >= 0.3 is 0 Å². The number of fused-ring (bicyclic) bond motifs is 1. The van der Waals surface area contributed by atoms with Crippen LogP contribution in [0.1, 0.15) is 19.4 Å². The summed E-state index contributed by atoms with van der Waals surface area (Å²) in [5.74, 6) is 0.766. The highest BCUT2D eigenvalue weighted by atomic mass is 15.0. The lowest BCUT2D eigenvalue weighted by Gasteiger charge is -2.15. The number of nitrogens with zero attached hydrogens (tertiary/aromatic N) is 2. The maximum Gasteiger partial charge on any atom is 0.135 e. The van der Waals surface area contributed by atoms with Gasteiger partial charge in [0.1, 0.15) is 5.82 Å². The van der Waals surface area contributed by atoms with Crippen molar-refractivity contribution < 1.29 is 0 Å². The largest absolute Gasteiger partial charge is 0.367 e. The van der Waals surface area contributed by atoms with Crippen molar-refractivity contribution in [3.8, 4) is 17.2 Å². The van der Waals surface area contributed by atoms with Crippen molar-refractivity contribution in [3.05, 3.63) is 60.3 Å². The summed E-state index contributed by atoms with van der Waals surface area (Å²) < 4.78 is 0. The molecule has 0 atom stereocenters. The van der Waals surface area contributed by atoms with Gasteiger partial charge in [-0.2, -0.15) is 5.26 Å². The number of hydrogen-bond acceptors (Lipinski definition) is 3. The van der Waals surface area contributed by atoms with E-state index in [-0.39, 0.29) is 6.04 Å². The van der Waals surface area contributed by atoms with Crippen LogP contribution in [0, 0.1) is 11.3 Å². The Bertz CT molecular complexity index is 846. The first-order valence-electron chi connectivity index (χ1n) is 7.34. The molecule has 0 aliphatic carbocycles. The van der Waals surface area contributed by atoms with E-state index in [4.69, 9.17) is 0 Å². The quantitative estimate of drug-likeness (QED) is 0.766. The summed E-state index contributed by atoms with van der Waals surface area (Å²) >= 11 is 0. The van der Waals surface area contributed by atoms with Crippen molar-refractivity contribution in [3.63, 3.8) is 0 Å². The molecule has 0 amide bonds. The Hall–Kier alpha value is -2.86. The Labute approximate surface area is 130 Å². The van der Waals surface area contributed by atoms with Gasteiger partial charge in [-0.15, -0.1) is 0 Å². The fraction of sp³-hybridized carbons (Fsp3) is 0.158. The van der Waals surface area contributed by atoms with Crippen molar-refractivity contribution in [1.29, 1.82) is 5.26 Å². The van der Waals surface area contributed by atoms with E-state index in [1.165, 1.54) is 0 Å². The molecule has 0 spiro atoms. The van der Waals surface area contributed by atoms with E-state index in [1.54, 1.807) is 0 Å². The zero-order valence-corrected chi connectivity index (χ0v) is 12.7. The van der Waals surface area contributed by atoms with Gasteiger partial charge in [-0.1, -0.05) is 42.5 Å². The Kier molecular flexibility index (Phi) is 3.76. The minimum atomic E-state index is 0.255. The normalized spacial score (nSPS) is 10.6. The van der Waals surface area contributed by atoms with Crippen LogP contribution >= 0.6 is 0 Å². The number of benzene rings is 2. The van der Waals surface area contributed by atoms with Crippen LogP contribution in [0.5, 0.6) is 0 Å². The van der Waals surface area contributed by atoms with Gasteiger partial charge in [0.25, 0.3) is 0 Å². The lowest BCUT2D eigenvalue weighted by Crippen LogP contribution is -2.11. The summed E-state index contributed by atoms with van der Waals surface area (Å²) in [6.07, 6.45) is 1.88. The third kappa shape index (κ3) is 2.51. The minimum Gasteiger partial charge on any atom is -0.367 e. The molecule has 1 heterocycles. The molecule has 0 radical (unpaired) electrons. The summed E-state index contributed by atoms with van der Waals surface area (Å²) in [5.41, 5.74) is 2.79. The molecule has 3 aromatic rings. The van der Waals surface area contributed by atoms with E-state index < -0.39 is 0 Å². The molecular weight excluding hydrogens is 270 g/mol. The Balaban J connectivity index is 2.32. The molecule has 0 saturated carbocycles. The summed E-state index contributed by atoms with van der Waals surface area (Å²) in [5, 5.41) is 14.7. The van der Waals surface area contributed by atoms with Crippen molar-refractivity contribution >= 4 is 16.6 Å². The highest BCUT2D eigenvalue weighted by Gasteiger charge is 2.13. The van der Waals surface area contributed by atoms with Crippen LogP contribution in [0.4, 0.5) is 5.82 Å². The number of pyridine rings is 1. The van der Waals surface area contributed by atoms with Gasteiger partial charge in [-0.25, -0.2) is 4.98 Å². The minimum absolute atomic E-state index is 0.255. The van der Waals surface area contributed by atoms with Gasteiger partial charge in [-0.05, 0) is 30.9 Å². The van der Waals surface area contributed by atoms with E-state index >= 15 is 0 Å². The van der Waals surface area contributed by atoms with E-state index in [9.17, 15) is 5.26 Å². The second-order valence-corrected chi connectivity index (χ2v) is 5.53. The lowest BCUT2D eigenvalue weighted by molar-refractivity contribution is 0.892. The predicted octanol–water partition coefficient (Wildman–Crippen LogP) is 4.59. The molecule has 3 rings (SSSR count). The highest BCUT2D eigenvalue weighted by Crippen LogP contribution is 2.33. The lowest BCUT2D eigenvalue weighted by atomic mass is 9.98. The summed E-state index contributed by atoms with van der Waals surface area (Å²) in [6, 6.07) is 18.5. The average Bonchev–Trinajstić information content (AvgIpc) is 2.54. The molecule has 22 heavy (non-hydrogen) atoms. The molecule has 0 saturated heterocycles. The third-order valence-electron chi connectivity index (χ3n) is 3.54. The molecule has 2 aromatic carbocycles. The smallest absolute Gasteiger partial charge is 0.135 e.